The molecule has 0 aliphatic carbocycles. The fourth-order valence-corrected chi connectivity index (χ4v) is 2.35. The highest BCUT2D eigenvalue weighted by Gasteiger charge is 2.25. The van der Waals surface area contributed by atoms with Crippen LogP contribution in [0.25, 0.3) is 0 Å². The molecule has 0 spiro atoms. The van der Waals surface area contributed by atoms with E-state index in [2.05, 4.69) is 18.7 Å². The van der Waals surface area contributed by atoms with E-state index in [4.69, 9.17) is 4.74 Å². The van der Waals surface area contributed by atoms with Crippen molar-refractivity contribution < 1.29 is 9.84 Å². The van der Waals surface area contributed by atoms with E-state index in [0.717, 1.165) is 26.2 Å². The Morgan fingerprint density at radius 1 is 1.18 bits per heavy atom. The Morgan fingerprint density at radius 2 is 1.82 bits per heavy atom. The highest BCUT2D eigenvalue weighted by molar-refractivity contribution is 4.76. The van der Waals surface area contributed by atoms with Crippen LogP contribution in [0.15, 0.2) is 0 Å². The summed E-state index contributed by atoms with van der Waals surface area (Å²) in [7, 11) is 0. The lowest BCUT2D eigenvalue weighted by atomic mass is 9.98. The molecule has 2 atom stereocenters. The Bertz CT molecular complexity index is 179. The predicted molar refractivity (Wildman–Crippen MR) is 71.2 cm³/mol. The van der Waals surface area contributed by atoms with E-state index < -0.39 is 0 Å². The summed E-state index contributed by atoms with van der Waals surface area (Å²) in [6.45, 7) is 9.26. The van der Waals surface area contributed by atoms with Crippen LogP contribution in [0.1, 0.15) is 46.0 Å². The van der Waals surface area contributed by atoms with Crippen molar-refractivity contribution in [1.82, 2.24) is 4.90 Å². The average molecular weight is 243 g/mol. The minimum atomic E-state index is -0.158. The summed E-state index contributed by atoms with van der Waals surface area (Å²) in [4.78, 5) is 2.51. The van der Waals surface area contributed by atoms with Gasteiger partial charge in [0.15, 0.2) is 0 Å². The lowest BCUT2D eigenvalue weighted by molar-refractivity contribution is -0.0467. The second-order valence-electron chi connectivity index (χ2n) is 5.20. The zero-order valence-electron chi connectivity index (χ0n) is 11.5. The van der Waals surface area contributed by atoms with Gasteiger partial charge in [-0.2, -0.15) is 0 Å². The van der Waals surface area contributed by atoms with E-state index in [1.807, 2.05) is 0 Å². The quantitative estimate of drug-likeness (QED) is 0.710. The number of hydrogen-bond donors (Lipinski definition) is 1. The number of aliphatic hydroxyl groups is 1. The lowest BCUT2D eigenvalue weighted by Gasteiger charge is -2.33. The SMILES string of the molecule is CCCCN(CCCC)CC1COCCC1O. The van der Waals surface area contributed by atoms with Crippen LogP contribution < -0.4 is 0 Å². The molecule has 0 aromatic carbocycles. The molecule has 1 fully saturated rings. The van der Waals surface area contributed by atoms with Gasteiger partial charge in [-0.3, -0.25) is 0 Å². The van der Waals surface area contributed by atoms with E-state index in [-0.39, 0.29) is 6.10 Å². The fraction of sp³-hybridized carbons (Fsp3) is 1.00. The Hall–Kier alpha value is -0.120. The molecular formula is C14H29NO2. The van der Waals surface area contributed by atoms with Gasteiger partial charge < -0.3 is 14.7 Å². The van der Waals surface area contributed by atoms with Crippen molar-refractivity contribution in [3.05, 3.63) is 0 Å². The van der Waals surface area contributed by atoms with Gasteiger partial charge in [-0.25, -0.2) is 0 Å². The van der Waals surface area contributed by atoms with Gasteiger partial charge in [0.05, 0.1) is 12.7 Å². The number of unbranched alkanes of at least 4 members (excludes halogenated alkanes) is 2. The first kappa shape index (κ1) is 14.9. The summed E-state index contributed by atoms with van der Waals surface area (Å²) < 4.78 is 5.48. The summed E-state index contributed by atoms with van der Waals surface area (Å²) in [5.41, 5.74) is 0. The zero-order valence-corrected chi connectivity index (χ0v) is 11.5. The molecule has 102 valence electrons. The van der Waals surface area contributed by atoms with Crippen LogP contribution >= 0.6 is 0 Å². The summed E-state index contributed by atoms with van der Waals surface area (Å²) in [6, 6.07) is 0. The van der Waals surface area contributed by atoms with Gasteiger partial charge in [0.25, 0.3) is 0 Å². The largest absolute Gasteiger partial charge is 0.393 e. The van der Waals surface area contributed by atoms with Gasteiger partial charge in [0, 0.05) is 19.1 Å². The second-order valence-corrected chi connectivity index (χ2v) is 5.20. The number of hydrogen-bond acceptors (Lipinski definition) is 3. The molecule has 3 nitrogen and oxygen atoms in total. The molecule has 0 saturated carbocycles. The minimum absolute atomic E-state index is 0.158. The maximum Gasteiger partial charge on any atom is 0.0624 e. The van der Waals surface area contributed by atoms with Crippen molar-refractivity contribution in [2.75, 3.05) is 32.8 Å². The van der Waals surface area contributed by atoms with Gasteiger partial charge in [0.1, 0.15) is 0 Å². The van der Waals surface area contributed by atoms with Crippen LogP contribution in [-0.4, -0.2) is 49.0 Å². The van der Waals surface area contributed by atoms with E-state index in [0.29, 0.717) is 5.92 Å². The van der Waals surface area contributed by atoms with Crippen LogP contribution in [-0.2, 0) is 4.74 Å². The summed E-state index contributed by atoms with van der Waals surface area (Å²) >= 11 is 0. The Kier molecular flexibility index (Phi) is 7.82. The summed E-state index contributed by atoms with van der Waals surface area (Å²) in [5.74, 6) is 0.317. The van der Waals surface area contributed by atoms with Crippen molar-refractivity contribution in [1.29, 1.82) is 0 Å². The third-order valence-corrected chi connectivity index (χ3v) is 3.58. The molecule has 0 bridgehead atoms. The molecule has 3 heteroatoms. The molecule has 1 aliphatic rings. The van der Waals surface area contributed by atoms with Crippen LogP contribution in [0.4, 0.5) is 0 Å². The first-order chi connectivity index (χ1) is 8.27. The Labute approximate surface area is 106 Å². The summed E-state index contributed by atoms with van der Waals surface area (Å²) in [6.07, 6.45) is 5.65. The molecule has 0 aromatic rings. The Balaban J connectivity index is 2.33. The van der Waals surface area contributed by atoms with Crippen molar-refractivity contribution >= 4 is 0 Å². The van der Waals surface area contributed by atoms with E-state index >= 15 is 0 Å². The van der Waals surface area contributed by atoms with E-state index in [1.165, 1.54) is 38.8 Å². The van der Waals surface area contributed by atoms with Crippen LogP contribution in [0.5, 0.6) is 0 Å². The third-order valence-electron chi connectivity index (χ3n) is 3.58. The van der Waals surface area contributed by atoms with Gasteiger partial charge in [0.2, 0.25) is 0 Å². The number of nitrogens with zero attached hydrogens (tertiary/aromatic N) is 1. The smallest absolute Gasteiger partial charge is 0.0624 e. The number of ether oxygens (including phenoxy) is 1. The van der Waals surface area contributed by atoms with Crippen molar-refractivity contribution in [2.24, 2.45) is 5.92 Å². The van der Waals surface area contributed by atoms with Crippen LogP contribution in [0.3, 0.4) is 0 Å². The monoisotopic (exact) mass is 243 g/mol. The molecule has 1 heterocycles. The summed E-state index contributed by atoms with van der Waals surface area (Å²) in [5, 5.41) is 9.96. The van der Waals surface area contributed by atoms with Crippen molar-refractivity contribution in [3.8, 4) is 0 Å². The second kappa shape index (κ2) is 8.90. The maximum atomic E-state index is 9.96. The molecular weight excluding hydrogens is 214 g/mol. The van der Waals surface area contributed by atoms with Crippen LogP contribution in [0.2, 0.25) is 0 Å². The first-order valence-corrected chi connectivity index (χ1v) is 7.26. The molecule has 0 radical (unpaired) electrons. The topological polar surface area (TPSA) is 32.7 Å². The van der Waals surface area contributed by atoms with Gasteiger partial charge in [-0.05, 0) is 32.4 Å². The third kappa shape index (κ3) is 5.84. The number of rotatable bonds is 8. The standard InChI is InChI=1S/C14H29NO2/c1-3-5-8-15(9-6-4-2)11-13-12-17-10-7-14(13)16/h13-14,16H,3-12H2,1-2H3. The van der Waals surface area contributed by atoms with Crippen molar-refractivity contribution in [2.45, 2.75) is 52.1 Å². The average Bonchev–Trinajstić information content (AvgIpc) is 2.35. The highest BCUT2D eigenvalue weighted by atomic mass is 16.5. The van der Waals surface area contributed by atoms with Gasteiger partial charge in [-0.1, -0.05) is 26.7 Å². The number of aliphatic hydroxyl groups excluding tert-OH is 1. The molecule has 1 N–H and O–H groups in total. The molecule has 1 rings (SSSR count). The molecule has 17 heavy (non-hydrogen) atoms. The van der Waals surface area contributed by atoms with Gasteiger partial charge in [-0.15, -0.1) is 0 Å². The molecule has 1 aliphatic heterocycles. The molecule has 0 amide bonds. The zero-order chi connectivity index (χ0) is 12.5. The minimum Gasteiger partial charge on any atom is -0.393 e. The highest BCUT2D eigenvalue weighted by Crippen LogP contribution is 2.16. The van der Waals surface area contributed by atoms with Crippen molar-refractivity contribution in [3.63, 3.8) is 0 Å². The normalized spacial score (nSPS) is 25.4. The predicted octanol–water partition coefficient (Wildman–Crippen LogP) is 2.29. The lowest BCUT2D eigenvalue weighted by Crippen LogP contribution is -2.41. The van der Waals surface area contributed by atoms with E-state index in [9.17, 15) is 5.11 Å². The van der Waals surface area contributed by atoms with Crippen LogP contribution in [0, 0.1) is 5.92 Å². The molecule has 0 aromatic heterocycles. The maximum absolute atomic E-state index is 9.96. The Morgan fingerprint density at radius 3 is 2.35 bits per heavy atom. The molecule has 2 unspecified atom stereocenters. The fourth-order valence-electron chi connectivity index (χ4n) is 2.35. The first-order valence-electron chi connectivity index (χ1n) is 7.26. The molecule has 1 saturated heterocycles. The van der Waals surface area contributed by atoms with Gasteiger partial charge >= 0.3 is 0 Å². The van der Waals surface area contributed by atoms with E-state index in [1.54, 1.807) is 0 Å².